The molecule has 2 saturated heterocycles. The van der Waals surface area contributed by atoms with Gasteiger partial charge in [0, 0.05) is 11.5 Å². The second-order valence-electron chi connectivity index (χ2n) is 8.10. The number of aliphatic hydroxyl groups is 1. The predicted octanol–water partition coefficient (Wildman–Crippen LogP) is 0.813. The first kappa shape index (κ1) is 17.3. The van der Waals surface area contributed by atoms with Gasteiger partial charge in [-0.1, -0.05) is 6.07 Å². The van der Waals surface area contributed by atoms with E-state index in [-0.39, 0.29) is 17.7 Å². The van der Waals surface area contributed by atoms with Crippen LogP contribution in [0.5, 0.6) is 5.75 Å². The van der Waals surface area contributed by atoms with Gasteiger partial charge in [0.05, 0.1) is 5.60 Å². The number of carbonyl (C=O) groups excluding carboxylic acids is 2. The van der Waals surface area contributed by atoms with E-state index >= 15 is 0 Å². The van der Waals surface area contributed by atoms with E-state index in [2.05, 4.69) is 16.0 Å². The average Bonchev–Trinajstić information content (AvgIpc) is 2.85. The van der Waals surface area contributed by atoms with E-state index in [1.165, 1.54) is 0 Å². The molecule has 0 bridgehead atoms. The number of amides is 3. The molecule has 2 aliphatic heterocycles. The van der Waals surface area contributed by atoms with Crippen LogP contribution in [0.25, 0.3) is 0 Å². The Balaban J connectivity index is 1.91. The maximum atomic E-state index is 12.6. The number of aromatic hydroxyl groups is 1. The SMILES string of the molecule is Cc1ccc(O)cc1[C@]12CCNC(C)[C@@]1(O)CC[C@@]1(C2)NC(=O)NC1=O. The quantitative estimate of drug-likeness (QED) is 0.477. The third kappa shape index (κ3) is 2.13. The van der Waals surface area contributed by atoms with Crippen LogP contribution < -0.4 is 16.0 Å². The highest BCUT2D eigenvalue weighted by Gasteiger charge is 2.65. The first-order valence-corrected chi connectivity index (χ1v) is 9.12. The van der Waals surface area contributed by atoms with Crippen LogP contribution in [0.4, 0.5) is 4.79 Å². The van der Waals surface area contributed by atoms with Crippen LogP contribution >= 0.6 is 0 Å². The number of aryl methyl sites for hydroxylation is 1. The third-order valence-electron chi connectivity index (χ3n) is 6.84. The van der Waals surface area contributed by atoms with Crippen molar-refractivity contribution < 1.29 is 19.8 Å². The normalized spacial score (nSPS) is 39.4. The van der Waals surface area contributed by atoms with Gasteiger partial charge in [-0.3, -0.25) is 10.1 Å². The molecule has 140 valence electrons. The van der Waals surface area contributed by atoms with Crippen molar-refractivity contribution in [2.75, 3.05) is 6.54 Å². The molecular weight excluding hydrogens is 334 g/mol. The first-order valence-electron chi connectivity index (χ1n) is 9.12. The van der Waals surface area contributed by atoms with Crippen LogP contribution in [0.2, 0.25) is 0 Å². The topological polar surface area (TPSA) is 111 Å². The van der Waals surface area contributed by atoms with Crippen LogP contribution in [0, 0.1) is 6.92 Å². The molecule has 1 unspecified atom stereocenters. The Morgan fingerprint density at radius 2 is 1.96 bits per heavy atom. The van der Waals surface area contributed by atoms with Crippen molar-refractivity contribution in [1.29, 1.82) is 0 Å². The molecule has 1 aromatic carbocycles. The number of hydrogen-bond donors (Lipinski definition) is 5. The first-order chi connectivity index (χ1) is 12.2. The molecule has 3 amide bonds. The number of nitrogens with one attached hydrogen (secondary N) is 3. The summed E-state index contributed by atoms with van der Waals surface area (Å²) in [6, 6.07) is 4.51. The number of carbonyl (C=O) groups is 2. The van der Waals surface area contributed by atoms with Crippen LogP contribution in [0.15, 0.2) is 18.2 Å². The molecule has 7 heteroatoms. The number of urea groups is 1. The fourth-order valence-electron chi connectivity index (χ4n) is 5.42. The van der Waals surface area contributed by atoms with E-state index in [0.717, 1.165) is 11.1 Å². The van der Waals surface area contributed by atoms with Crippen molar-refractivity contribution in [2.45, 2.75) is 62.1 Å². The lowest BCUT2D eigenvalue weighted by Gasteiger charge is -2.60. The number of fused-ring (bicyclic) bond motifs is 1. The number of phenolic OH excluding ortho intramolecular Hbond substituents is 1. The minimum Gasteiger partial charge on any atom is -0.508 e. The lowest BCUT2D eigenvalue weighted by atomic mass is 9.50. The van der Waals surface area contributed by atoms with Crippen LogP contribution in [-0.4, -0.2) is 45.9 Å². The molecule has 2 heterocycles. The molecule has 1 aliphatic carbocycles. The fraction of sp³-hybridized carbons (Fsp3) is 0.579. The molecule has 4 rings (SSSR count). The minimum atomic E-state index is -1.08. The summed E-state index contributed by atoms with van der Waals surface area (Å²) in [4.78, 5) is 24.4. The lowest BCUT2D eigenvalue weighted by Crippen LogP contribution is -2.73. The fourth-order valence-corrected chi connectivity index (χ4v) is 5.42. The summed E-state index contributed by atoms with van der Waals surface area (Å²) in [7, 11) is 0. The van der Waals surface area contributed by atoms with Crippen LogP contribution in [0.3, 0.4) is 0 Å². The second-order valence-corrected chi connectivity index (χ2v) is 8.10. The summed E-state index contributed by atoms with van der Waals surface area (Å²) in [6.45, 7) is 4.59. The van der Waals surface area contributed by atoms with E-state index in [9.17, 15) is 19.8 Å². The molecule has 1 saturated carbocycles. The van der Waals surface area contributed by atoms with E-state index in [1.54, 1.807) is 12.1 Å². The van der Waals surface area contributed by atoms with Crippen molar-refractivity contribution >= 4 is 11.9 Å². The molecule has 0 aromatic heterocycles. The van der Waals surface area contributed by atoms with Gasteiger partial charge in [0.1, 0.15) is 11.3 Å². The van der Waals surface area contributed by atoms with Gasteiger partial charge in [0.15, 0.2) is 0 Å². The van der Waals surface area contributed by atoms with E-state index in [0.29, 0.717) is 32.2 Å². The lowest BCUT2D eigenvalue weighted by molar-refractivity contribution is -0.146. The molecule has 5 N–H and O–H groups in total. The van der Waals surface area contributed by atoms with Gasteiger partial charge >= 0.3 is 6.03 Å². The zero-order valence-electron chi connectivity index (χ0n) is 15.1. The van der Waals surface area contributed by atoms with Crippen molar-refractivity contribution in [1.82, 2.24) is 16.0 Å². The number of rotatable bonds is 1. The zero-order chi connectivity index (χ0) is 18.7. The second kappa shape index (κ2) is 5.44. The van der Waals surface area contributed by atoms with Crippen molar-refractivity contribution in [3.63, 3.8) is 0 Å². The Morgan fingerprint density at radius 1 is 1.19 bits per heavy atom. The number of imide groups is 1. The number of piperidine rings is 1. The van der Waals surface area contributed by atoms with E-state index in [4.69, 9.17) is 0 Å². The summed E-state index contributed by atoms with van der Waals surface area (Å²) in [5.41, 5.74) is -1.03. The summed E-state index contributed by atoms with van der Waals surface area (Å²) in [5.74, 6) is -0.194. The number of phenols is 1. The number of hydrogen-bond acceptors (Lipinski definition) is 5. The zero-order valence-corrected chi connectivity index (χ0v) is 15.1. The minimum absolute atomic E-state index is 0.132. The summed E-state index contributed by atoms with van der Waals surface area (Å²) >= 11 is 0. The van der Waals surface area contributed by atoms with Crippen molar-refractivity contribution in [3.05, 3.63) is 29.3 Å². The van der Waals surface area contributed by atoms with Gasteiger partial charge < -0.3 is 20.8 Å². The van der Waals surface area contributed by atoms with Crippen molar-refractivity contribution in [2.24, 2.45) is 0 Å². The van der Waals surface area contributed by atoms with E-state index in [1.807, 2.05) is 19.9 Å². The Kier molecular flexibility index (Phi) is 3.62. The third-order valence-corrected chi connectivity index (χ3v) is 6.84. The Hall–Kier alpha value is -2.12. The average molecular weight is 359 g/mol. The number of benzene rings is 1. The van der Waals surface area contributed by atoms with Crippen LogP contribution in [-0.2, 0) is 10.2 Å². The van der Waals surface area contributed by atoms with E-state index < -0.39 is 22.6 Å². The Labute approximate surface area is 152 Å². The van der Waals surface area contributed by atoms with Crippen molar-refractivity contribution in [3.8, 4) is 5.75 Å². The predicted molar refractivity (Wildman–Crippen MR) is 94.8 cm³/mol. The highest BCUT2D eigenvalue weighted by atomic mass is 16.3. The largest absolute Gasteiger partial charge is 0.508 e. The van der Waals surface area contributed by atoms with Gasteiger partial charge in [-0.25, -0.2) is 4.79 Å². The monoisotopic (exact) mass is 359 g/mol. The summed E-state index contributed by atoms with van der Waals surface area (Å²) < 4.78 is 0. The Morgan fingerprint density at radius 3 is 2.65 bits per heavy atom. The van der Waals surface area contributed by atoms with Gasteiger partial charge in [0.2, 0.25) is 0 Å². The highest BCUT2D eigenvalue weighted by molar-refractivity contribution is 6.07. The van der Waals surface area contributed by atoms with Gasteiger partial charge in [0.25, 0.3) is 5.91 Å². The summed E-state index contributed by atoms with van der Waals surface area (Å²) in [6.07, 6.45) is 1.68. The molecule has 0 radical (unpaired) electrons. The summed E-state index contributed by atoms with van der Waals surface area (Å²) in [5, 5.41) is 30.4. The molecule has 4 atom stereocenters. The smallest absolute Gasteiger partial charge is 0.322 e. The van der Waals surface area contributed by atoms with Gasteiger partial charge in [-0.05, 0) is 69.3 Å². The molecule has 7 nitrogen and oxygen atoms in total. The maximum absolute atomic E-state index is 12.6. The van der Waals surface area contributed by atoms with Gasteiger partial charge in [-0.2, -0.15) is 0 Å². The van der Waals surface area contributed by atoms with Crippen LogP contribution in [0.1, 0.15) is 43.7 Å². The Bertz CT molecular complexity index is 797. The highest BCUT2D eigenvalue weighted by Crippen LogP contribution is 2.56. The maximum Gasteiger partial charge on any atom is 0.322 e. The molecule has 3 fully saturated rings. The molecular formula is C19H25N3O4. The molecule has 26 heavy (non-hydrogen) atoms. The molecule has 3 aliphatic rings. The van der Waals surface area contributed by atoms with Gasteiger partial charge in [-0.15, -0.1) is 0 Å². The molecule has 1 spiro atoms. The standard InChI is InChI=1S/C19H25N3O4/c1-11-3-4-13(23)9-14(11)17-7-8-20-12(2)19(17,26)6-5-18(10-17)15(24)21-16(25)22-18/h3-4,9,12,20,23,26H,5-8,10H2,1-2H3,(H2,21,22,24,25)/t12?,17-,18+,19+/m1/s1. The molecule has 1 aromatic rings.